The van der Waals surface area contributed by atoms with E-state index in [1.54, 1.807) is 0 Å². The van der Waals surface area contributed by atoms with Crippen LogP contribution in [0.25, 0.3) is 0 Å². The number of alkyl halides is 1. The van der Waals surface area contributed by atoms with Crippen molar-refractivity contribution in [3.05, 3.63) is 31.5 Å². The molecule has 0 spiro atoms. The highest BCUT2D eigenvalue weighted by Crippen LogP contribution is 2.30. The fourth-order valence-corrected chi connectivity index (χ4v) is 2.05. The van der Waals surface area contributed by atoms with E-state index < -0.39 is 42.5 Å². The van der Waals surface area contributed by atoms with E-state index in [0.717, 1.165) is 10.8 Å². The molecule has 3 N–H and O–H groups in total. The fourth-order valence-electron chi connectivity index (χ4n) is 1.73. The maximum Gasteiger partial charge on any atom is 0.330 e. The summed E-state index contributed by atoms with van der Waals surface area (Å²) < 4.78 is 19.6. The van der Waals surface area contributed by atoms with Gasteiger partial charge in [-0.25, -0.2) is 9.18 Å². The monoisotopic (exact) mass is 324 g/mol. The molecular formula is C9H10BrFN2O5. The van der Waals surface area contributed by atoms with Crippen molar-refractivity contribution in [1.29, 1.82) is 0 Å². The van der Waals surface area contributed by atoms with Crippen molar-refractivity contribution in [3.63, 3.8) is 0 Å². The van der Waals surface area contributed by atoms with Gasteiger partial charge in [-0.3, -0.25) is 14.3 Å². The van der Waals surface area contributed by atoms with Crippen LogP contribution in [-0.4, -0.2) is 44.8 Å². The van der Waals surface area contributed by atoms with E-state index in [9.17, 15) is 19.1 Å². The van der Waals surface area contributed by atoms with Crippen LogP contribution in [0.2, 0.25) is 0 Å². The lowest BCUT2D eigenvalue weighted by molar-refractivity contribution is -0.0492. The second kappa shape index (κ2) is 4.92. The third-order valence-corrected chi connectivity index (χ3v) is 3.24. The summed E-state index contributed by atoms with van der Waals surface area (Å²) in [6, 6.07) is 0. The van der Waals surface area contributed by atoms with Gasteiger partial charge in [-0.2, -0.15) is 0 Å². The third-order valence-electron chi connectivity index (χ3n) is 2.67. The average molecular weight is 325 g/mol. The SMILES string of the molecule is O=c1[nH]c(=O)n(C2O[C@H](CO)[C@@H](O)[C@@H]2F)cc1Br. The molecule has 1 aliphatic heterocycles. The van der Waals surface area contributed by atoms with Gasteiger partial charge in [-0.1, -0.05) is 0 Å². The summed E-state index contributed by atoms with van der Waals surface area (Å²) in [7, 11) is 0. The molecule has 7 nitrogen and oxygen atoms in total. The van der Waals surface area contributed by atoms with E-state index in [4.69, 9.17) is 9.84 Å². The minimum atomic E-state index is -1.88. The first-order chi connectivity index (χ1) is 8.45. The molecule has 1 aromatic rings. The van der Waals surface area contributed by atoms with Crippen LogP contribution in [0.1, 0.15) is 6.23 Å². The van der Waals surface area contributed by atoms with Gasteiger partial charge in [0.25, 0.3) is 5.56 Å². The zero-order chi connectivity index (χ0) is 13.4. The number of aliphatic hydroxyl groups is 2. The van der Waals surface area contributed by atoms with E-state index in [-0.39, 0.29) is 4.47 Å². The predicted molar refractivity (Wildman–Crippen MR) is 60.9 cm³/mol. The molecule has 0 aromatic carbocycles. The van der Waals surface area contributed by atoms with Crippen LogP contribution in [0.4, 0.5) is 4.39 Å². The van der Waals surface area contributed by atoms with Gasteiger partial charge in [0.2, 0.25) is 0 Å². The highest BCUT2D eigenvalue weighted by Gasteiger charge is 2.45. The number of hydrogen-bond acceptors (Lipinski definition) is 5. The molecule has 0 radical (unpaired) electrons. The first kappa shape index (κ1) is 13.4. The number of H-pyrrole nitrogens is 1. The standard InChI is InChI=1S/C9H10BrFN2O5/c10-3-1-13(9(17)12-7(3)16)8-5(11)6(15)4(2-14)18-8/h1,4-6,8,14-15H,2H2,(H,12,16,17)/t4-,5+,6-,8?/m1/s1. The second-order valence-corrected chi connectivity index (χ2v) is 4.68. The molecule has 2 rings (SSSR count). The smallest absolute Gasteiger partial charge is 0.330 e. The molecule has 4 atom stereocenters. The predicted octanol–water partition coefficient (Wildman–Crippen LogP) is -1.11. The van der Waals surface area contributed by atoms with E-state index >= 15 is 0 Å². The Labute approximate surface area is 108 Å². The summed E-state index contributed by atoms with van der Waals surface area (Å²) in [5.74, 6) is 0. The first-order valence-electron chi connectivity index (χ1n) is 5.05. The molecule has 2 heterocycles. The second-order valence-electron chi connectivity index (χ2n) is 3.83. The Morgan fingerprint density at radius 1 is 1.56 bits per heavy atom. The van der Waals surface area contributed by atoms with Crippen LogP contribution in [0.5, 0.6) is 0 Å². The number of halogens is 2. The Morgan fingerprint density at radius 2 is 2.22 bits per heavy atom. The van der Waals surface area contributed by atoms with Crippen LogP contribution in [0.3, 0.4) is 0 Å². The summed E-state index contributed by atoms with van der Waals surface area (Å²) >= 11 is 2.90. The summed E-state index contributed by atoms with van der Waals surface area (Å²) in [5.41, 5.74) is -1.51. The Hall–Kier alpha value is -1.03. The molecular weight excluding hydrogens is 315 g/mol. The van der Waals surface area contributed by atoms with Gasteiger partial charge in [-0.15, -0.1) is 0 Å². The highest BCUT2D eigenvalue weighted by molar-refractivity contribution is 9.10. The van der Waals surface area contributed by atoms with E-state index in [1.807, 2.05) is 4.98 Å². The van der Waals surface area contributed by atoms with Crippen LogP contribution < -0.4 is 11.2 Å². The van der Waals surface area contributed by atoms with Gasteiger partial charge < -0.3 is 14.9 Å². The van der Waals surface area contributed by atoms with Crippen molar-refractivity contribution in [3.8, 4) is 0 Å². The molecule has 0 bridgehead atoms. The minimum absolute atomic E-state index is 0.0276. The zero-order valence-corrected chi connectivity index (χ0v) is 10.5. The van der Waals surface area contributed by atoms with Crippen LogP contribution in [-0.2, 0) is 4.74 Å². The van der Waals surface area contributed by atoms with E-state index in [2.05, 4.69) is 15.9 Å². The van der Waals surface area contributed by atoms with Crippen molar-refractivity contribution >= 4 is 15.9 Å². The van der Waals surface area contributed by atoms with Crippen LogP contribution in [0, 0.1) is 0 Å². The van der Waals surface area contributed by atoms with E-state index in [0.29, 0.717) is 0 Å². The van der Waals surface area contributed by atoms with Crippen molar-refractivity contribution < 1.29 is 19.3 Å². The Morgan fingerprint density at radius 3 is 2.78 bits per heavy atom. The number of rotatable bonds is 2. The number of aromatic amines is 1. The van der Waals surface area contributed by atoms with Crippen molar-refractivity contribution in [2.75, 3.05) is 6.61 Å². The maximum absolute atomic E-state index is 13.8. The fraction of sp³-hybridized carbons (Fsp3) is 0.556. The highest BCUT2D eigenvalue weighted by atomic mass is 79.9. The summed E-state index contributed by atoms with van der Waals surface area (Å²) in [5, 5.41) is 18.3. The quantitative estimate of drug-likeness (QED) is 0.639. The largest absolute Gasteiger partial charge is 0.394 e. The molecule has 100 valence electrons. The molecule has 1 unspecified atom stereocenters. The molecule has 1 aromatic heterocycles. The molecule has 1 fully saturated rings. The number of aliphatic hydroxyl groups excluding tert-OH is 2. The first-order valence-corrected chi connectivity index (χ1v) is 5.84. The summed E-state index contributed by atoms with van der Waals surface area (Å²) in [6.07, 6.45) is -4.83. The number of hydrogen-bond donors (Lipinski definition) is 3. The van der Waals surface area contributed by atoms with Gasteiger partial charge in [-0.05, 0) is 15.9 Å². The Kier molecular flexibility index (Phi) is 3.66. The van der Waals surface area contributed by atoms with Crippen molar-refractivity contribution in [1.82, 2.24) is 9.55 Å². The maximum atomic E-state index is 13.8. The van der Waals surface area contributed by atoms with Crippen molar-refractivity contribution in [2.24, 2.45) is 0 Å². The van der Waals surface area contributed by atoms with Gasteiger partial charge in [0.15, 0.2) is 12.4 Å². The topological polar surface area (TPSA) is 105 Å². The molecule has 0 amide bonds. The van der Waals surface area contributed by atoms with Gasteiger partial charge in [0.1, 0.15) is 12.2 Å². The molecule has 9 heteroatoms. The lowest BCUT2D eigenvalue weighted by Gasteiger charge is -2.15. The number of nitrogens with one attached hydrogen (secondary N) is 1. The Balaban J connectivity index is 2.42. The summed E-state index contributed by atoms with van der Waals surface area (Å²) in [4.78, 5) is 24.6. The van der Waals surface area contributed by atoms with Crippen LogP contribution in [0.15, 0.2) is 20.3 Å². The number of aromatic nitrogens is 2. The average Bonchev–Trinajstić information content (AvgIpc) is 2.61. The van der Waals surface area contributed by atoms with Gasteiger partial charge in [0, 0.05) is 6.20 Å². The third kappa shape index (κ3) is 2.14. The molecule has 1 aliphatic rings. The van der Waals surface area contributed by atoms with Crippen LogP contribution >= 0.6 is 15.9 Å². The van der Waals surface area contributed by atoms with E-state index in [1.165, 1.54) is 0 Å². The Bertz CT molecular complexity index is 559. The van der Waals surface area contributed by atoms with Gasteiger partial charge >= 0.3 is 5.69 Å². The lowest BCUT2D eigenvalue weighted by atomic mass is 10.1. The zero-order valence-electron chi connectivity index (χ0n) is 8.92. The summed E-state index contributed by atoms with van der Waals surface area (Å²) in [6.45, 7) is -0.572. The van der Waals surface area contributed by atoms with Crippen molar-refractivity contribution in [2.45, 2.75) is 24.6 Å². The molecule has 1 saturated heterocycles. The number of nitrogens with zero attached hydrogens (tertiary/aromatic N) is 1. The molecule has 0 saturated carbocycles. The number of ether oxygens (including phenoxy) is 1. The molecule has 18 heavy (non-hydrogen) atoms. The minimum Gasteiger partial charge on any atom is -0.394 e. The molecule has 0 aliphatic carbocycles. The normalized spacial score (nSPS) is 31.8. The lowest BCUT2D eigenvalue weighted by Crippen LogP contribution is -2.36. The van der Waals surface area contributed by atoms with Gasteiger partial charge in [0.05, 0.1) is 11.1 Å².